The van der Waals surface area contributed by atoms with Crippen LogP contribution < -0.4 is 14.6 Å². The Hall–Kier alpha value is -1.35. The quantitative estimate of drug-likeness (QED) is 0.649. The molecular formula is C9H15NO6S. The summed E-state index contributed by atoms with van der Waals surface area (Å²) in [5.41, 5.74) is 0. The maximum atomic E-state index is 8.97. The van der Waals surface area contributed by atoms with Crippen molar-refractivity contribution in [3.63, 3.8) is 0 Å². The topological polar surface area (TPSA) is 119 Å². The Morgan fingerprint density at radius 2 is 1.65 bits per heavy atom. The van der Waals surface area contributed by atoms with E-state index in [1.807, 2.05) is 12.1 Å². The smallest absolute Gasteiger partial charge is 0.330 e. The summed E-state index contributed by atoms with van der Waals surface area (Å²) in [7, 11) is -2.55. The number of hydrogen-bond acceptors (Lipinski definition) is 5. The largest absolute Gasteiger partial charge is 0.497 e. The molecule has 8 heteroatoms. The molecule has 1 rings (SSSR count). The van der Waals surface area contributed by atoms with Crippen LogP contribution in [-0.2, 0) is 10.3 Å². The van der Waals surface area contributed by atoms with Gasteiger partial charge in [0.1, 0.15) is 18.1 Å². The van der Waals surface area contributed by atoms with Crippen LogP contribution in [0.25, 0.3) is 0 Å². The van der Waals surface area contributed by atoms with Crippen molar-refractivity contribution in [2.24, 2.45) is 5.14 Å². The summed E-state index contributed by atoms with van der Waals surface area (Å²) in [5.74, 6) is 1.54. The summed E-state index contributed by atoms with van der Waals surface area (Å²) in [6, 6.07) is 7.22. The highest BCUT2D eigenvalue weighted by Gasteiger charge is 1.93. The molecule has 0 atom stereocenters. The minimum Gasteiger partial charge on any atom is -0.497 e. The van der Waals surface area contributed by atoms with Crippen molar-refractivity contribution in [3.05, 3.63) is 24.3 Å². The number of aliphatic hydroxyl groups excluding tert-OH is 1. The summed E-state index contributed by atoms with van der Waals surface area (Å²) >= 11 is 0. The highest BCUT2D eigenvalue weighted by Crippen LogP contribution is 2.16. The molecule has 0 aromatic heterocycles. The Kier molecular flexibility index (Phi) is 7.22. The molecule has 0 aliphatic rings. The van der Waals surface area contributed by atoms with Gasteiger partial charge in [-0.1, -0.05) is 0 Å². The minimum absolute atomic E-state index is 0.0338. The average Bonchev–Trinajstić information content (AvgIpc) is 2.25. The van der Waals surface area contributed by atoms with Gasteiger partial charge in [0.25, 0.3) is 0 Å². The van der Waals surface area contributed by atoms with Crippen LogP contribution >= 0.6 is 0 Å². The Morgan fingerprint density at radius 1 is 1.24 bits per heavy atom. The third-order valence-electron chi connectivity index (χ3n) is 1.42. The van der Waals surface area contributed by atoms with Crippen molar-refractivity contribution < 1.29 is 27.6 Å². The van der Waals surface area contributed by atoms with Crippen LogP contribution in [0.3, 0.4) is 0 Å². The zero-order valence-electron chi connectivity index (χ0n) is 9.24. The van der Waals surface area contributed by atoms with Gasteiger partial charge in [-0.25, -0.2) is 5.14 Å². The lowest BCUT2D eigenvalue weighted by molar-refractivity contribution is 0.201. The second-order valence-corrected chi connectivity index (χ2v) is 3.79. The van der Waals surface area contributed by atoms with Crippen LogP contribution in [0.15, 0.2) is 24.3 Å². The molecular weight excluding hydrogens is 250 g/mol. The first-order valence-corrected chi connectivity index (χ1v) is 6.00. The van der Waals surface area contributed by atoms with E-state index in [1.54, 1.807) is 19.2 Å². The van der Waals surface area contributed by atoms with Crippen molar-refractivity contribution in [1.29, 1.82) is 0 Å². The standard InChI is InChI=1S/C9H12O3.H3NO3S/c1-11-8-2-4-9(5-3-8)12-7-6-10;1-5(2,3)4/h2-5,10H,6-7H2,1H3;(H3,1,2,3,4). The number of nitrogens with two attached hydrogens (primary N) is 1. The van der Waals surface area contributed by atoms with Crippen LogP contribution in [0.5, 0.6) is 11.5 Å². The van der Waals surface area contributed by atoms with E-state index >= 15 is 0 Å². The first-order valence-electron chi connectivity index (χ1n) is 4.49. The molecule has 0 fully saturated rings. The minimum atomic E-state index is -4.17. The van der Waals surface area contributed by atoms with Gasteiger partial charge in [0.05, 0.1) is 13.7 Å². The zero-order chi connectivity index (χ0) is 13.3. The zero-order valence-corrected chi connectivity index (χ0v) is 10.1. The van der Waals surface area contributed by atoms with E-state index in [0.29, 0.717) is 6.61 Å². The van der Waals surface area contributed by atoms with Gasteiger partial charge >= 0.3 is 10.3 Å². The Labute approximate surface area is 99.7 Å². The van der Waals surface area contributed by atoms with Crippen molar-refractivity contribution in [3.8, 4) is 11.5 Å². The predicted molar refractivity (Wildman–Crippen MR) is 61.3 cm³/mol. The molecule has 0 aliphatic carbocycles. The molecule has 0 bridgehead atoms. The summed E-state index contributed by atoms with van der Waals surface area (Å²) in [6.45, 7) is 0.359. The van der Waals surface area contributed by atoms with Crippen molar-refractivity contribution >= 4 is 10.3 Å². The number of methoxy groups -OCH3 is 1. The fourth-order valence-corrected chi connectivity index (χ4v) is 0.835. The first kappa shape index (κ1) is 15.7. The van der Waals surface area contributed by atoms with Crippen LogP contribution in [-0.4, -0.2) is 38.4 Å². The van der Waals surface area contributed by atoms with Gasteiger partial charge in [-0.3, -0.25) is 4.55 Å². The van der Waals surface area contributed by atoms with Gasteiger partial charge < -0.3 is 14.6 Å². The molecule has 17 heavy (non-hydrogen) atoms. The van der Waals surface area contributed by atoms with Gasteiger partial charge in [-0.15, -0.1) is 0 Å². The Balaban J connectivity index is 0.000000437. The third-order valence-corrected chi connectivity index (χ3v) is 1.42. The van der Waals surface area contributed by atoms with E-state index in [4.69, 9.17) is 27.6 Å². The molecule has 0 saturated carbocycles. The SMILES string of the molecule is COc1ccc(OCCO)cc1.NS(=O)(=O)O. The fourth-order valence-electron chi connectivity index (χ4n) is 0.835. The maximum absolute atomic E-state index is 8.97. The van der Waals surface area contributed by atoms with Crippen molar-refractivity contribution in [2.45, 2.75) is 0 Å². The van der Waals surface area contributed by atoms with Crippen LogP contribution in [0.4, 0.5) is 0 Å². The number of aliphatic hydroxyl groups is 1. The van der Waals surface area contributed by atoms with Crippen molar-refractivity contribution in [1.82, 2.24) is 0 Å². The maximum Gasteiger partial charge on any atom is 0.330 e. The second kappa shape index (κ2) is 7.85. The highest BCUT2D eigenvalue weighted by atomic mass is 32.2. The normalized spacial score (nSPS) is 10.1. The lowest BCUT2D eigenvalue weighted by Gasteiger charge is -2.04. The molecule has 0 radical (unpaired) electrons. The van der Waals surface area contributed by atoms with Crippen molar-refractivity contribution in [2.75, 3.05) is 20.3 Å². The molecule has 98 valence electrons. The van der Waals surface area contributed by atoms with E-state index in [1.165, 1.54) is 0 Å². The average molecular weight is 265 g/mol. The number of rotatable bonds is 4. The molecule has 0 aliphatic heterocycles. The van der Waals surface area contributed by atoms with Gasteiger partial charge in [0.15, 0.2) is 0 Å². The van der Waals surface area contributed by atoms with E-state index < -0.39 is 10.3 Å². The van der Waals surface area contributed by atoms with Gasteiger partial charge in [-0.05, 0) is 24.3 Å². The molecule has 1 aromatic carbocycles. The fraction of sp³-hybridized carbons (Fsp3) is 0.333. The van der Waals surface area contributed by atoms with E-state index in [2.05, 4.69) is 5.14 Å². The summed E-state index contributed by atoms with van der Waals surface area (Å²) < 4.78 is 35.3. The lowest BCUT2D eigenvalue weighted by Crippen LogP contribution is -2.08. The van der Waals surface area contributed by atoms with Crippen LogP contribution in [0.1, 0.15) is 0 Å². The first-order chi connectivity index (χ1) is 7.86. The molecule has 0 spiro atoms. The van der Waals surface area contributed by atoms with Crippen LogP contribution in [0.2, 0.25) is 0 Å². The van der Waals surface area contributed by atoms with Gasteiger partial charge in [-0.2, -0.15) is 8.42 Å². The van der Waals surface area contributed by atoms with E-state index in [9.17, 15) is 0 Å². The molecule has 4 N–H and O–H groups in total. The second-order valence-electron chi connectivity index (χ2n) is 2.76. The third kappa shape index (κ3) is 10.9. The molecule has 7 nitrogen and oxygen atoms in total. The Bertz CT molecular complexity index is 394. The van der Waals surface area contributed by atoms with E-state index in [-0.39, 0.29) is 6.61 Å². The number of ether oxygens (including phenoxy) is 2. The summed E-state index contributed by atoms with van der Waals surface area (Å²) in [4.78, 5) is 0. The van der Waals surface area contributed by atoms with Gasteiger partial charge in [0.2, 0.25) is 0 Å². The monoisotopic (exact) mass is 265 g/mol. The molecule has 1 aromatic rings. The highest BCUT2D eigenvalue weighted by molar-refractivity contribution is 7.83. The summed E-state index contributed by atoms with van der Waals surface area (Å²) in [6.07, 6.45) is 0. The predicted octanol–water partition coefficient (Wildman–Crippen LogP) is -0.186. The number of benzene rings is 1. The molecule has 0 unspecified atom stereocenters. The Morgan fingerprint density at radius 3 is 2.00 bits per heavy atom. The van der Waals surface area contributed by atoms with E-state index in [0.717, 1.165) is 11.5 Å². The lowest BCUT2D eigenvalue weighted by atomic mass is 10.3. The molecule has 0 heterocycles. The molecule has 0 saturated heterocycles. The van der Waals surface area contributed by atoms with Crippen LogP contribution in [0, 0.1) is 0 Å². The van der Waals surface area contributed by atoms with Gasteiger partial charge in [0, 0.05) is 0 Å². The molecule has 0 amide bonds. The number of hydrogen-bond donors (Lipinski definition) is 3. The summed E-state index contributed by atoms with van der Waals surface area (Å²) in [5, 5.41) is 12.4.